The highest BCUT2D eigenvalue weighted by molar-refractivity contribution is 9.07. The van der Waals surface area contributed by atoms with E-state index in [4.69, 9.17) is 0 Å². The van der Waals surface area contributed by atoms with Gasteiger partial charge < -0.3 is 0 Å². The molecule has 0 unspecified atom stereocenters. The van der Waals surface area contributed by atoms with Crippen molar-refractivity contribution in [1.29, 1.82) is 0 Å². The van der Waals surface area contributed by atoms with E-state index < -0.39 is 0 Å². The number of imide groups is 1. The monoisotopic (exact) mass is 236 g/mol. The van der Waals surface area contributed by atoms with Gasteiger partial charge in [-0.15, -0.1) is 0 Å². The molecule has 0 aromatic heterocycles. The Kier molecular flexibility index (Phi) is 4.89. The van der Waals surface area contributed by atoms with Crippen LogP contribution in [-0.2, 0) is 4.79 Å². The lowest BCUT2D eigenvalue weighted by molar-refractivity contribution is -0.126. The van der Waals surface area contributed by atoms with Gasteiger partial charge in [0.05, 0.1) is 16.1 Å². The summed E-state index contributed by atoms with van der Waals surface area (Å²) in [6.07, 6.45) is 0. The third kappa shape index (κ3) is 2.81. The summed E-state index contributed by atoms with van der Waals surface area (Å²) in [6, 6.07) is -0.312. The van der Waals surface area contributed by atoms with Crippen LogP contribution in [0.2, 0.25) is 0 Å². The summed E-state index contributed by atoms with van der Waals surface area (Å²) in [5.74, 6) is -0.236. The largest absolute Gasteiger partial charge is 0.336 e. The normalized spacial score (nSPS) is 9.33. The number of nitrogens with zero attached hydrogens (tertiary/aromatic N) is 2. The van der Waals surface area contributed by atoms with Gasteiger partial charge in [-0.2, -0.15) is 0 Å². The molecule has 0 aliphatic rings. The first-order valence-corrected chi connectivity index (χ1v) is 4.50. The average molecular weight is 237 g/mol. The summed E-state index contributed by atoms with van der Waals surface area (Å²) in [4.78, 5) is 23.4. The minimum atomic E-state index is -0.312. The van der Waals surface area contributed by atoms with Gasteiger partial charge in [0.25, 0.3) is 0 Å². The zero-order valence-corrected chi connectivity index (χ0v) is 9.09. The van der Waals surface area contributed by atoms with Crippen LogP contribution in [0.25, 0.3) is 0 Å². The van der Waals surface area contributed by atoms with Crippen molar-refractivity contribution >= 4 is 28.1 Å². The molecule has 0 N–H and O–H groups in total. The number of rotatable bonds is 2. The second-order valence-corrected chi connectivity index (χ2v) is 3.08. The molecule has 3 amide bonds. The highest BCUT2D eigenvalue weighted by Gasteiger charge is 2.19. The van der Waals surface area contributed by atoms with Crippen molar-refractivity contribution in [2.45, 2.75) is 20.8 Å². The maximum atomic E-state index is 11.3. The van der Waals surface area contributed by atoms with Crippen LogP contribution in [0.4, 0.5) is 4.79 Å². The van der Waals surface area contributed by atoms with E-state index >= 15 is 0 Å². The summed E-state index contributed by atoms with van der Waals surface area (Å²) < 4.78 is 1.32. The van der Waals surface area contributed by atoms with Gasteiger partial charge in [0.2, 0.25) is 5.91 Å². The summed E-state index contributed by atoms with van der Waals surface area (Å²) in [7, 11) is 0. The van der Waals surface area contributed by atoms with Crippen LogP contribution in [0.3, 0.4) is 0 Å². The highest BCUT2D eigenvalue weighted by atomic mass is 79.9. The van der Waals surface area contributed by atoms with Gasteiger partial charge >= 0.3 is 6.03 Å². The molecule has 0 aromatic carbocycles. The lowest BCUT2D eigenvalue weighted by Gasteiger charge is -2.21. The fourth-order valence-corrected chi connectivity index (χ4v) is 0.950. The molecule has 0 atom stereocenters. The van der Waals surface area contributed by atoms with E-state index in [1.54, 1.807) is 6.92 Å². The summed E-state index contributed by atoms with van der Waals surface area (Å²) in [6.45, 7) is 5.88. The average Bonchev–Trinajstić information content (AvgIpc) is 2.03. The summed E-state index contributed by atoms with van der Waals surface area (Å²) in [5, 5.41) is 0. The second-order valence-electron chi connectivity index (χ2n) is 2.22. The molecular weight excluding hydrogens is 224 g/mol. The van der Waals surface area contributed by atoms with Crippen LogP contribution in [0.5, 0.6) is 0 Å². The van der Waals surface area contributed by atoms with Crippen molar-refractivity contribution in [1.82, 2.24) is 8.83 Å². The van der Waals surface area contributed by atoms with Crippen LogP contribution >= 0.6 is 16.1 Å². The number of hydrogen-bond donors (Lipinski definition) is 0. The van der Waals surface area contributed by atoms with Crippen LogP contribution in [0, 0.1) is 0 Å². The van der Waals surface area contributed by atoms with Crippen molar-refractivity contribution in [3.8, 4) is 0 Å². The number of carbonyl (C=O) groups excluding carboxylic acids is 2. The Labute approximate surface area is 80.8 Å². The summed E-state index contributed by atoms with van der Waals surface area (Å²) in [5.41, 5.74) is 0. The Hall–Kier alpha value is -0.580. The molecule has 0 aliphatic carbocycles. The molecule has 0 spiro atoms. The lowest BCUT2D eigenvalue weighted by Crippen LogP contribution is -2.41. The van der Waals surface area contributed by atoms with Crippen LogP contribution in [-0.4, -0.2) is 33.9 Å². The second kappa shape index (κ2) is 5.13. The Morgan fingerprint density at radius 1 is 1.25 bits per heavy atom. The molecule has 4 nitrogen and oxygen atoms in total. The Morgan fingerprint density at radius 2 is 1.75 bits per heavy atom. The van der Waals surface area contributed by atoms with Crippen molar-refractivity contribution < 1.29 is 9.59 Å². The topological polar surface area (TPSA) is 40.6 Å². The maximum absolute atomic E-state index is 11.3. The lowest BCUT2D eigenvalue weighted by atomic mass is 10.5. The van der Waals surface area contributed by atoms with Crippen molar-refractivity contribution in [2.24, 2.45) is 0 Å². The van der Waals surface area contributed by atoms with Crippen LogP contribution < -0.4 is 0 Å². The third-order valence-corrected chi connectivity index (χ3v) is 2.22. The molecule has 12 heavy (non-hydrogen) atoms. The summed E-state index contributed by atoms with van der Waals surface area (Å²) >= 11 is 3.04. The standard InChI is InChI=1S/C7H13BrN2O2/c1-4-9(6(3)11)7(12)10(8)5-2/h4-5H2,1-3H3. The fraction of sp³-hybridized carbons (Fsp3) is 0.714. The Bertz CT molecular complexity index is 184. The van der Waals surface area contributed by atoms with Crippen LogP contribution in [0.1, 0.15) is 20.8 Å². The molecule has 0 saturated carbocycles. The zero-order valence-electron chi connectivity index (χ0n) is 7.50. The predicted octanol–water partition coefficient (Wildman–Crippen LogP) is 1.61. The molecule has 0 rings (SSSR count). The molecule has 0 saturated heterocycles. The van der Waals surface area contributed by atoms with Crippen molar-refractivity contribution in [3.63, 3.8) is 0 Å². The van der Waals surface area contributed by atoms with E-state index in [2.05, 4.69) is 16.1 Å². The fourth-order valence-electron chi connectivity index (χ4n) is 0.759. The molecule has 0 heterocycles. The van der Waals surface area contributed by atoms with E-state index in [0.717, 1.165) is 4.90 Å². The third-order valence-electron chi connectivity index (χ3n) is 1.41. The molecule has 0 radical (unpaired) electrons. The molecule has 0 fully saturated rings. The molecule has 0 bridgehead atoms. The minimum absolute atomic E-state index is 0.236. The maximum Gasteiger partial charge on any atom is 0.336 e. The molecule has 70 valence electrons. The number of amides is 3. The first-order valence-electron chi connectivity index (χ1n) is 3.79. The Balaban J connectivity index is 4.31. The Morgan fingerprint density at radius 3 is 2.00 bits per heavy atom. The quantitative estimate of drug-likeness (QED) is 0.684. The van der Waals surface area contributed by atoms with Gasteiger partial charge in [-0.1, -0.05) is 0 Å². The van der Waals surface area contributed by atoms with E-state index in [0.29, 0.717) is 13.1 Å². The van der Waals surface area contributed by atoms with Gasteiger partial charge in [0.1, 0.15) is 0 Å². The van der Waals surface area contributed by atoms with Gasteiger partial charge in [-0.05, 0) is 13.8 Å². The molecular formula is C7H13BrN2O2. The predicted molar refractivity (Wildman–Crippen MR) is 49.8 cm³/mol. The van der Waals surface area contributed by atoms with Gasteiger partial charge in [-0.25, -0.2) is 4.79 Å². The van der Waals surface area contributed by atoms with Gasteiger partial charge in [0.15, 0.2) is 0 Å². The van der Waals surface area contributed by atoms with Crippen LogP contribution in [0.15, 0.2) is 0 Å². The smallest absolute Gasteiger partial charge is 0.275 e. The number of hydrogen-bond acceptors (Lipinski definition) is 2. The van der Waals surface area contributed by atoms with E-state index in [1.807, 2.05) is 6.92 Å². The molecule has 0 aliphatic heterocycles. The van der Waals surface area contributed by atoms with E-state index in [1.165, 1.54) is 10.8 Å². The molecule has 0 aromatic rings. The number of carbonyl (C=O) groups is 2. The number of urea groups is 1. The SMILES string of the molecule is CCN(Br)C(=O)N(CC)C(C)=O. The van der Waals surface area contributed by atoms with Gasteiger partial charge in [-0.3, -0.25) is 13.6 Å². The first kappa shape index (κ1) is 11.4. The van der Waals surface area contributed by atoms with E-state index in [9.17, 15) is 9.59 Å². The first-order chi connectivity index (χ1) is 5.54. The number of halogens is 1. The zero-order chi connectivity index (χ0) is 9.72. The van der Waals surface area contributed by atoms with Crippen molar-refractivity contribution in [2.75, 3.05) is 13.1 Å². The minimum Gasteiger partial charge on any atom is -0.275 e. The van der Waals surface area contributed by atoms with Crippen molar-refractivity contribution in [3.05, 3.63) is 0 Å². The van der Waals surface area contributed by atoms with E-state index in [-0.39, 0.29) is 11.9 Å². The highest BCUT2D eigenvalue weighted by Crippen LogP contribution is 2.04. The van der Waals surface area contributed by atoms with Gasteiger partial charge in [0, 0.05) is 20.0 Å². The molecule has 5 heteroatoms.